The fourth-order valence-corrected chi connectivity index (χ4v) is 4.65. The second-order valence-corrected chi connectivity index (χ2v) is 9.58. The Morgan fingerprint density at radius 1 is 1.22 bits per heavy atom. The molecule has 1 aromatic carbocycles. The standard InChI is InChI=1S/C16H21BrN2O3S/c1-19(2)23(21,22)14-9-12(7-8-13(14)17)16(20)18-15(10-3-4-10)11-5-6-11/h7-11,15H,3-6H2,1-2H3,(H,18,20). The molecule has 0 aromatic heterocycles. The Morgan fingerprint density at radius 2 is 1.78 bits per heavy atom. The second kappa shape index (κ2) is 6.18. The summed E-state index contributed by atoms with van der Waals surface area (Å²) in [7, 11) is -0.640. The van der Waals surface area contributed by atoms with Gasteiger partial charge in [0.05, 0.1) is 4.90 Å². The van der Waals surface area contributed by atoms with Crippen LogP contribution >= 0.6 is 15.9 Å². The van der Waals surface area contributed by atoms with Crippen LogP contribution < -0.4 is 5.32 Å². The lowest BCUT2D eigenvalue weighted by molar-refractivity contribution is 0.0926. The number of nitrogens with zero attached hydrogens (tertiary/aromatic N) is 1. The van der Waals surface area contributed by atoms with E-state index in [0.717, 1.165) is 4.31 Å². The number of halogens is 1. The van der Waals surface area contributed by atoms with Gasteiger partial charge in [-0.2, -0.15) is 0 Å². The fourth-order valence-electron chi connectivity index (χ4n) is 2.80. The molecule has 5 nitrogen and oxygen atoms in total. The van der Waals surface area contributed by atoms with Gasteiger partial charge < -0.3 is 5.32 Å². The number of rotatable bonds is 6. The molecule has 0 bridgehead atoms. The van der Waals surface area contributed by atoms with Crippen molar-refractivity contribution >= 4 is 31.9 Å². The van der Waals surface area contributed by atoms with Crippen molar-refractivity contribution in [1.82, 2.24) is 9.62 Å². The number of hydrogen-bond acceptors (Lipinski definition) is 3. The first kappa shape index (κ1) is 16.9. The van der Waals surface area contributed by atoms with Crippen molar-refractivity contribution in [3.63, 3.8) is 0 Å². The SMILES string of the molecule is CN(C)S(=O)(=O)c1cc(C(=O)NC(C2CC2)C2CC2)ccc1Br. The third kappa shape index (κ3) is 3.61. The van der Waals surface area contributed by atoms with Gasteiger partial charge in [0.25, 0.3) is 5.91 Å². The van der Waals surface area contributed by atoms with Crippen LogP contribution in [0.5, 0.6) is 0 Å². The lowest BCUT2D eigenvalue weighted by Gasteiger charge is -2.18. The molecule has 23 heavy (non-hydrogen) atoms. The van der Waals surface area contributed by atoms with Gasteiger partial charge in [-0.25, -0.2) is 12.7 Å². The van der Waals surface area contributed by atoms with Crippen molar-refractivity contribution in [3.8, 4) is 0 Å². The predicted octanol–water partition coefficient (Wildman–Crippen LogP) is 2.62. The number of carbonyl (C=O) groups is 1. The summed E-state index contributed by atoms with van der Waals surface area (Å²) in [4.78, 5) is 12.7. The zero-order chi connectivity index (χ0) is 16.8. The summed E-state index contributed by atoms with van der Waals surface area (Å²) in [6, 6.07) is 4.98. The third-order valence-corrected chi connectivity index (χ3v) is 7.32. The Kier molecular flexibility index (Phi) is 4.55. The van der Waals surface area contributed by atoms with Crippen molar-refractivity contribution in [1.29, 1.82) is 0 Å². The van der Waals surface area contributed by atoms with Crippen LogP contribution in [0, 0.1) is 11.8 Å². The average molecular weight is 401 g/mol. The molecule has 2 aliphatic rings. The zero-order valence-corrected chi connectivity index (χ0v) is 15.7. The van der Waals surface area contributed by atoms with Gasteiger partial charge in [-0.15, -0.1) is 0 Å². The molecule has 1 N–H and O–H groups in total. The molecule has 0 spiro atoms. The Hall–Kier alpha value is -0.920. The predicted molar refractivity (Wildman–Crippen MR) is 91.7 cm³/mol. The highest BCUT2D eigenvalue weighted by atomic mass is 79.9. The first-order valence-corrected chi connectivity index (χ1v) is 10.1. The van der Waals surface area contributed by atoms with E-state index in [1.165, 1.54) is 45.8 Å². The van der Waals surface area contributed by atoms with Crippen LogP contribution in [0.1, 0.15) is 36.0 Å². The Morgan fingerprint density at radius 3 is 2.26 bits per heavy atom. The average Bonchev–Trinajstić information content (AvgIpc) is 3.38. The van der Waals surface area contributed by atoms with Gasteiger partial charge in [0.15, 0.2) is 0 Å². The molecule has 0 radical (unpaired) electrons. The Labute approximate surface area is 145 Å². The Balaban J connectivity index is 1.83. The molecule has 3 rings (SSSR count). The molecule has 0 unspecified atom stereocenters. The fraction of sp³-hybridized carbons (Fsp3) is 0.562. The van der Waals surface area contributed by atoms with Crippen LogP contribution in [0.15, 0.2) is 27.6 Å². The number of sulfonamides is 1. The first-order chi connectivity index (χ1) is 10.8. The van der Waals surface area contributed by atoms with Crippen LogP contribution in [-0.4, -0.2) is 38.8 Å². The highest BCUT2D eigenvalue weighted by Gasteiger charge is 2.42. The van der Waals surface area contributed by atoms with Crippen LogP contribution in [-0.2, 0) is 10.0 Å². The van der Waals surface area contributed by atoms with Crippen molar-refractivity contribution in [2.24, 2.45) is 11.8 Å². The minimum absolute atomic E-state index is 0.115. The number of hydrogen-bond donors (Lipinski definition) is 1. The summed E-state index contributed by atoms with van der Waals surface area (Å²) in [5.41, 5.74) is 0.389. The maximum absolute atomic E-state index is 12.5. The molecular weight excluding hydrogens is 380 g/mol. The molecule has 7 heteroatoms. The van der Waals surface area contributed by atoms with E-state index in [0.29, 0.717) is 21.9 Å². The summed E-state index contributed by atoms with van der Waals surface area (Å²) in [5, 5.41) is 3.12. The minimum Gasteiger partial charge on any atom is -0.349 e. The molecule has 126 valence electrons. The smallest absolute Gasteiger partial charge is 0.251 e. The lowest BCUT2D eigenvalue weighted by atomic mass is 10.1. The summed E-state index contributed by atoms with van der Waals surface area (Å²) in [5.74, 6) is 1.02. The number of nitrogens with one attached hydrogen (secondary N) is 1. The quantitative estimate of drug-likeness (QED) is 0.797. The van der Waals surface area contributed by atoms with Gasteiger partial charge >= 0.3 is 0 Å². The van der Waals surface area contributed by atoms with E-state index in [2.05, 4.69) is 21.2 Å². The van der Waals surface area contributed by atoms with E-state index in [-0.39, 0.29) is 16.8 Å². The first-order valence-electron chi connectivity index (χ1n) is 7.83. The van der Waals surface area contributed by atoms with Crippen LogP contribution in [0.25, 0.3) is 0 Å². The van der Waals surface area contributed by atoms with Crippen LogP contribution in [0.2, 0.25) is 0 Å². The molecule has 0 atom stereocenters. The number of amides is 1. The molecule has 1 aromatic rings. The summed E-state index contributed by atoms with van der Waals surface area (Å²) < 4.78 is 26.3. The van der Waals surface area contributed by atoms with E-state index in [4.69, 9.17) is 0 Å². The molecule has 0 heterocycles. The summed E-state index contributed by atoms with van der Waals surface area (Å²) in [6.07, 6.45) is 4.73. The van der Waals surface area contributed by atoms with Crippen LogP contribution in [0.4, 0.5) is 0 Å². The van der Waals surface area contributed by atoms with E-state index in [1.54, 1.807) is 12.1 Å². The number of benzene rings is 1. The Bertz CT molecular complexity index is 713. The van der Waals surface area contributed by atoms with Crippen molar-refractivity contribution < 1.29 is 13.2 Å². The lowest BCUT2D eigenvalue weighted by Crippen LogP contribution is -2.38. The normalized spacial score (nSPS) is 18.5. The van der Waals surface area contributed by atoms with Gasteiger partial charge in [-0.1, -0.05) is 0 Å². The highest BCUT2D eigenvalue weighted by molar-refractivity contribution is 9.10. The molecule has 0 saturated heterocycles. The van der Waals surface area contributed by atoms with Gasteiger partial charge in [0, 0.05) is 30.2 Å². The van der Waals surface area contributed by atoms with Gasteiger partial charge in [-0.3, -0.25) is 4.79 Å². The monoisotopic (exact) mass is 400 g/mol. The van der Waals surface area contributed by atoms with Crippen molar-refractivity contribution in [2.45, 2.75) is 36.6 Å². The minimum atomic E-state index is -3.59. The third-order valence-electron chi connectivity index (χ3n) is 4.51. The summed E-state index contributed by atoms with van der Waals surface area (Å²) in [6.45, 7) is 0. The van der Waals surface area contributed by atoms with Gasteiger partial charge in [0.1, 0.15) is 0 Å². The van der Waals surface area contributed by atoms with E-state index in [9.17, 15) is 13.2 Å². The highest BCUT2D eigenvalue weighted by Crippen LogP contribution is 2.44. The van der Waals surface area contributed by atoms with E-state index < -0.39 is 10.0 Å². The van der Waals surface area contributed by atoms with Crippen molar-refractivity contribution in [3.05, 3.63) is 28.2 Å². The summed E-state index contributed by atoms with van der Waals surface area (Å²) >= 11 is 3.26. The molecule has 1 amide bonds. The largest absolute Gasteiger partial charge is 0.349 e. The van der Waals surface area contributed by atoms with E-state index in [1.807, 2.05) is 0 Å². The van der Waals surface area contributed by atoms with Gasteiger partial charge in [-0.05, 0) is 71.6 Å². The van der Waals surface area contributed by atoms with Crippen LogP contribution in [0.3, 0.4) is 0 Å². The molecule has 0 aliphatic heterocycles. The maximum atomic E-state index is 12.5. The number of carbonyl (C=O) groups excluding carboxylic acids is 1. The van der Waals surface area contributed by atoms with Gasteiger partial charge in [0.2, 0.25) is 10.0 Å². The zero-order valence-electron chi connectivity index (χ0n) is 13.3. The second-order valence-electron chi connectivity index (χ2n) is 6.61. The van der Waals surface area contributed by atoms with Crippen molar-refractivity contribution in [2.75, 3.05) is 14.1 Å². The maximum Gasteiger partial charge on any atom is 0.251 e. The molecule has 2 aliphatic carbocycles. The molecule has 2 saturated carbocycles. The van der Waals surface area contributed by atoms with E-state index >= 15 is 0 Å². The molecular formula is C16H21BrN2O3S. The topological polar surface area (TPSA) is 66.5 Å². The molecule has 2 fully saturated rings.